The summed E-state index contributed by atoms with van der Waals surface area (Å²) < 4.78 is 10.3. The van der Waals surface area contributed by atoms with E-state index in [1.54, 1.807) is 12.1 Å². The number of furan rings is 1. The van der Waals surface area contributed by atoms with E-state index in [1.165, 1.54) is 0 Å². The Morgan fingerprint density at radius 2 is 2.06 bits per heavy atom. The minimum atomic E-state index is -0.557. The van der Waals surface area contributed by atoms with Gasteiger partial charge in [0.2, 0.25) is 0 Å². The summed E-state index contributed by atoms with van der Waals surface area (Å²) >= 11 is 5.68. The van der Waals surface area contributed by atoms with Crippen molar-refractivity contribution in [3.63, 3.8) is 0 Å². The molecule has 0 unspecified atom stereocenters. The molecule has 2 heterocycles. The fourth-order valence-electron chi connectivity index (χ4n) is 1.52. The first-order chi connectivity index (χ1) is 8.09. The molecule has 2 N–H and O–H groups in total. The van der Waals surface area contributed by atoms with Gasteiger partial charge in [0.15, 0.2) is 16.8 Å². The minimum absolute atomic E-state index is 0.282. The van der Waals surface area contributed by atoms with Gasteiger partial charge in [-0.25, -0.2) is 0 Å². The van der Waals surface area contributed by atoms with Gasteiger partial charge in [-0.15, -0.1) is 0 Å². The van der Waals surface area contributed by atoms with Crippen LogP contribution in [0.15, 0.2) is 21.1 Å². The van der Waals surface area contributed by atoms with E-state index in [-0.39, 0.29) is 5.22 Å². The first-order valence-corrected chi connectivity index (χ1v) is 5.85. The lowest BCUT2D eigenvalue weighted by molar-refractivity contribution is 0.348. The fourth-order valence-corrected chi connectivity index (χ4v) is 1.67. The first kappa shape index (κ1) is 12.1. The Morgan fingerprint density at radius 1 is 1.35 bits per heavy atom. The Balaban J connectivity index is 2.33. The third-order valence-corrected chi connectivity index (χ3v) is 3.12. The van der Waals surface area contributed by atoms with E-state index in [4.69, 9.17) is 26.3 Å². The number of nitrogens with two attached hydrogens (primary N) is 1. The molecule has 0 aliphatic rings. The van der Waals surface area contributed by atoms with Gasteiger partial charge in [-0.3, -0.25) is 0 Å². The van der Waals surface area contributed by atoms with Crippen LogP contribution in [0, 0.1) is 0 Å². The van der Waals surface area contributed by atoms with E-state index in [9.17, 15) is 0 Å². The van der Waals surface area contributed by atoms with Crippen molar-refractivity contribution in [2.24, 2.45) is 5.73 Å². The summed E-state index contributed by atoms with van der Waals surface area (Å²) in [6, 6.07) is 3.30. The Hall–Kier alpha value is -1.33. The van der Waals surface area contributed by atoms with Gasteiger partial charge >= 0.3 is 0 Å². The van der Waals surface area contributed by atoms with E-state index in [0.29, 0.717) is 17.5 Å². The molecule has 17 heavy (non-hydrogen) atoms. The molecule has 0 atom stereocenters. The van der Waals surface area contributed by atoms with Gasteiger partial charge in [-0.1, -0.05) is 19.0 Å². The number of nitrogens with zero attached hydrogens (tertiary/aromatic N) is 2. The maximum absolute atomic E-state index is 6.17. The molecule has 0 spiro atoms. The lowest BCUT2D eigenvalue weighted by atomic mass is 9.93. The molecule has 2 aromatic rings. The second-order valence-corrected chi connectivity index (χ2v) is 4.26. The quantitative estimate of drug-likeness (QED) is 0.909. The topological polar surface area (TPSA) is 78.1 Å². The minimum Gasteiger partial charge on any atom is -0.440 e. The maximum atomic E-state index is 6.17. The summed E-state index contributed by atoms with van der Waals surface area (Å²) in [6.07, 6.45) is 1.47. The summed E-state index contributed by atoms with van der Waals surface area (Å²) in [5.41, 5.74) is 5.62. The molecule has 0 aromatic carbocycles. The monoisotopic (exact) mass is 255 g/mol. The number of hydrogen-bond donors (Lipinski definition) is 1. The van der Waals surface area contributed by atoms with Gasteiger partial charge in [-0.2, -0.15) is 4.98 Å². The van der Waals surface area contributed by atoms with Crippen LogP contribution in [0.1, 0.15) is 32.5 Å². The van der Waals surface area contributed by atoms with Crippen LogP contribution >= 0.6 is 11.6 Å². The molecule has 6 heteroatoms. The molecule has 0 fully saturated rings. The van der Waals surface area contributed by atoms with Crippen molar-refractivity contribution in [3.05, 3.63) is 23.2 Å². The number of halogens is 1. The summed E-state index contributed by atoms with van der Waals surface area (Å²) in [5.74, 6) is 1.23. The van der Waals surface area contributed by atoms with Crippen LogP contribution in [0.25, 0.3) is 11.7 Å². The zero-order valence-electron chi connectivity index (χ0n) is 9.74. The predicted molar refractivity (Wildman–Crippen MR) is 63.5 cm³/mol. The zero-order valence-corrected chi connectivity index (χ0v) is 10.5. The van der Waals surface area contributed by atoms with Crippen molar-refractivity contribution >= 4 is 11.6 Å². The Labute approximate surface area is 104 Å². The van der Waals surface area contributed by atoms with E-state index >= 15 is 0 Å². The third-order valence-electron chi connectivity index (χ3n) is 2.92. The van der Waals surface area contributed by atoms with Crippen LogP contribution in [-0.2, 0) is 5.54 Å². The van der Waals surface area contributed by atoms with Gasteiger partial charge in [0.25, 0.3) is 5.89 Å². The van der Waals surface area contributed by atoms with Gasteiger partial charge in [0, 0.05) is 0 Å². The van der Waals surface area contributed by atoms with Crippen molar-refractivity contribution in [2.45, 2.75) is 32.2 Å². The van der Waals surface area contributed by atoms with Crippen molar-refractivity contribution < 1.29 is 8.94 Å². The van der Waals surface area contributed by atoms with E-state index in [1.807, 2.05) is 13.8 Å². The highest BCUT2D eigenvalue weighted by Crippen LogP contribution is 2.27. The molecule has 2 aromatic heterocycles. The highest BCUT2D eigenvalue weighted by atomic mass is 35.5. The summed E-state index contributed by atoms with van der Waals surface area (Å²) in [6.45, 7) is 3.98. The lowest BCUT2D eigenvalue weighted by Gasteiger charge is -2.21. The zero-order chi connectivity index (χ0) is 12.5. The van der Waals surface area contributed by atoms with Crippen molar-refractivity contribution in [1.29, 1.82) is 0 Å². The summed E-state index contributed by atoms with van der Waals surface area (Å²) in [5, 5.41) is 4.18. The van der Waals surface area contributed by atoms with Gasteiger partial charge in [0.05, 0.1) is 5.54 Å². The van der Waals surface area contributed by atoms with Crippen LogP contribution in [-0.4, -0.2) is 10.1 Å². The molecule has 5 nitrogen and oxygen atoms in total. The molecule has 0 radical (unpaired) electrons. The Morgan fingerprint density at radius 3 is 2.59 bits per heavy atom. The Kier molecular flexibility index (Phi) is 3.22. The van der Waals surface area contributed by atoms with Gasteiger partial charge < -0.3 is 14.7 Å². The molecule has 0 aliphatic heterocycles. The molecule has 2 rings (SSSR count). The molecule has 0 bridgehead atoms. The molecule has 0 saturated heterocycles. The molecule has 0 aliphatic carbocycles. The molecular weight excluding hydrogens is 242 g/mol. The lowest BCUT2D eigenvalue weighted by Crippen LogP contribution is -2.36. The normalized spacial score (nSPS) is 12.0. The third kappa shape index (κ3) is 2.21. The predicted octanol–water partition coefficient (Wildman–Crippen LogP) is 2.96. The van der Waals surface area contributed by atoms with E-state index in [0.717, 1.165) is 12.8 Å². The Bertz CT molecular complexity index is 502. The second-order valence-electron chi connectivity index (χ2n) is 3.89. The average Bonchev–Trinajstić information content (AvgIpc) is 2.96. The van der Waals surface area contributed by atoms with Crippen LogP contribution < -0.4 is 5.73 Å². The van der Waals surface area contributed by atoms with E-state index < -0.39 is 5.54 Å². The second kappa shape index (κ2) is 4.50. The summed E-state index contributed by atoms with van der Waals surface area (Å²) in [7, 11) is 0. The van der Waals surface area contributed by atoms with Crippen LogP contribution in [0.5, 0.6) is 0 Å². The van der Waals surface area contributed by atoms with Crippen LogP contribution in [0.3, 0.4) is 0 Å². The largest absolute Gasteiger partial charge is 0.440 e. The van der Waals surface area contributed by atoms with Crippen molar-refractivity contribution in [2.75, 3.05) is 0 Å². The highest BCUT2D eigenvalue weighted by Gasteiger charge is 2.29. The number of hydrogen-bond acceptors (Lipinski definition) is 5. The fraction of sp³-hybridized carbons (Fsp3) is 0.455. The molecular formula is C11H14ClN3O2. The average molecular weight is 256 g/mol. The van der Waals surface area contributed by atoms with Crippen molar-refractivity contribution in [3.8, 4) is 11.7 Å². The molecule has 92 valence electrons. The molecule has 0 amide bonds. The van der Waals surface area contributed by atoms with Crippen LogP contribution in [0.4, 0.5) is 0 Å². The smallest absolute Gasteiger partial charge is 0.293 e. The number of rotatable bonds is 4. The van der Waals surface area contributed by atoms with Crippen molar-refractivity contribution in [1.82, 2.24) is 10.1 Å². The SMILES string of the molecule is CCC(N)(CC)c1noc(-c2ccc(Cl)o2)n1. The molecule has 0 saturated carbocycles. The number of aromatic nitrogens is 2. The summed E-state index contributed by atoms with van der Waals surface area (Å²) in [4.78, 5) is 4.25. The first-order valence-electron chi connectivity index (χ1n) is 5.48. The van der Waals surface area contributed by atoms with Crippen LogP contribution in [0.2, 0.25) is 5.22 Å². The van der Waals surface area contributed by atoms with Gasteiger partial charge in [-0.05, 0) is 36.6 Å². The van der Waals surface area contributed by atoms with E-state index in [2.05, 4.69) is 10.1 Å². The maximum Gasteiger partial charge on any atom is 0.293 e. The van der Waals surface area contributed by atoms with Gasteiger partial charge in [0.1, 0.15) is 0 Å². The highest BCUT2D eigenvalue weighted by molar-refractivity contribution is 6.28. The standard InChI is InChI=1S/C11H14ClN3O2/c1-3-11(13,4-2)10-14-9(17-15-10)7-5-6-8(12)16-7/h5-6H,3-4,13H2,1-2H3.